The number of carbonyl (C=O) groups is 1. The monoisotopic (exact) mass is 373 g/mol. The van der Waals surface area contributed by atoms with Crippen LogP contribution < -0.4 is 5.32 Å². The largest absolute Gasteiger partial charge is 0.388 e. The molecule has 1 aromatic heterocycles. The van der Waals surface area contributed by atoms with Crippen molar-refractivity contribution in [3.8, 4) is 22.5 Å². The van der Waals surface area contributed by atoms with Crippen LogP contribution in [0.2, 0.25) is 0 Å². The van der Waals surface area contributed by atoms with Crippen LogP contribution >= 0.6 is 0 Å². The zero-order valence-electron chi connectivity index (χ0n) is 17.2. The maximum Gasteiger partial charge on any atom is 0.160 e. The van der Waals surface area contributed by atoms with Crippen molar-refractivity contribution in [2.45, 2.75) is 27.2 Å². The Morgan fingerprint density at radius 1 is 1.04 bits per heavy atom. The highest BCUT2D eigenvalue weighted by atomic mass is 16.1. The van der Waals surface area contributed by atoms with Gasteiger partial charge in [0, 0.05) is 48.9 Å². The Morgan fingerprint density at radius 3 is 2.21 bits per heavy atom. The summed E-state index contributed by atoms with van der Waals surface area (Å²) in [5.74, 6) is 1.04. The Hall–Kier alpha value is -3.14. The minimum absolute atomic E-state index is 0.0955. The van der Waals surface area contributed by atoms with Crippen molar-refractivity contribution in [1.29, 1.82) is 0 Å². The molecule has 0 radical (unpaired) electrons. The van der Waals surface area contributed by atoms with E-state index in [4.69, 9.17) is 0 Å². The summed E-state index contributed by atoms with van der Waals surface area (Å²) in [7, 11) is 3.88. The predicted octanol–water partition coefficient (Wildman–Crippen LogP) is 5.57. The minimum Gasteiger partial charge on any atom is -0.388 e. The van der Waals surface area contributed by atoms with Crippen LogP contribution in [0.25, 0.3) is 28.1 Å². The number of allylic oxidation sites excluding steroid dienone is 2. The predicted molar refractivity (Wildman–Crippen MR) is 117 cm³/mol. The minimum atomic E-state index is 0.0955. The van der Waals surface area contributed by atoms with Crippen LogP contribution in [-0.4, -0.2) is 22.4 Å². The van der Waals surface area contributed by atoms with Crippen molar-refractivity contribution in [2.24, 2.45) is 7.05 Å². The highest BCUT2D eigenvalue weighted by molar-refractivity contribution is 6.22. The van der Waals surface area contributed by atoms with Gasteiger partial charge in [-0.25, -0.2) is 4.98 Å². The molecule has 2 aromatic carbocycles. The molecule has 3 aromatic rings. The molecule has 28 heavy (non-hydrogen) atoms. The average Bonchev–Trinajstić information content (AvgIpc) is 3.13. The number of anilines is 1. The second-order valence-corrected chi connectivity index (χ2v) is 7.01. The van der Waals surface area contributed by atoms with Crippen molar-refractivity contribution in [1.82, 2.24) is 9.55 Å². The molecule has 0 amide bonds. The highest BCUT2D eigenvalue weighted by Crippen LogP contribution is 2.33. The molecule has 0 saturated heterocycles. The first-order valence-corrected chi connectivity index (χ1v) is 9.57. The van der Waals surface area contributed by atoms with Crippen molar-refractivity contribution in [3.63, 3.8) is 0 Å². The molecule has 0 unspecified atom stereocenters. The van der Waals surface area contributed by atoms with E-state index >= 15 is 0 Å². The number of hydrogen-bond donors (Lipinski definition) is 1. The number of benzene rings is 2. The maximum absolute atomic E-state index is 12.4. The lowest BCUT2D eigenvalue weighted by atomic mass is 9.91. The van der Waals surface area contributed by atoms with Crippen molar-refractivity contribution < 1.29 is 4.79 Å². The summed E-state index contributed by atoms with van der Waals surface area (Å²) in [6.07, 6.45) is 4.59. The SMILES string of the molecule is CCC(C)=C(C(C)=O)c1cc(-c2ccc(-c3nccn3C)cc2)ccc1NC. The molecule has 4 nitrogen and oxygen atoms in total. The van der Waals surface area contributed by atoms with E-state index in [9.17, 15) is 4.79 Å². The molecule has 0 spiro atoms. The zero-order valence-corrected chi connectivity index (χ0v) is 17.2. The first-order valence-electron chi connectivity index (χ1n) is 9.57. The first-order chi connectivity index (χ1) is 13.5. The fourth-order valence-electron chi connectivity index (χ4n) is 3.50. The van der Waals surface area contributed by atoms with Gasteiger partial charge in [0.1, 0.15) is 5.82 Å². The molecule has 1 N–H and O–H groups in total. The number of nitrogens with zero attached hydrogens (tertiary/aromatic N) is 2. The number of aromatic nitrogens is 2. The molecular formula is C24H27N3O. The molecule has 0 aliphatic heterocycles. The summed E-state index contributed by atoms with van der Waals surface area (Å²) in [6.45, 7) is 5.75. The molecule has 144 valence electrons. The van der Waals surface area contributed by atoms with Gasteiger partial charge in [-0.1, -0.05) is 42.8 Å². The summed E-state index contributed by atoms with van der Waals surface area (Å²) in [6, 6.07) is 14.6. The van der Waals surface area contributed by atoms with Gasteiger partial charge in [-0.2, -0.15) is 0 Å². The van der Waals surface area contributed by atoms with E-state index in [1.165, 1.54) is 0 Å². The van der Waals surface area contributed by atoms with Gasteiger partial charge in [0.15, 0.2) is 5.78 Å². The van der Waals surface area contributed by atoms with Gasteiger partial charge < -0.3 is 9.88 Å². The van der Waals surface area contributed by atoms with E-state index < -0.39 is 0 Å². The van der Waals surface area contributed by atoms with Crippen LogP contribution in [0.1, 0.15) is 32.8 Å². The normalized spacial score (nSPS) is 11.9. The van der Waals surface area contributed by atoms with Gasteiger partial charge in [-0.15, -0.1) is 0 Å². The Kier molecular flexibility index (Phi) is 5.78. The Morgan fingerprint density at radius 2 is 1.68 bits per heavy atom. The number of hydrogen-bond acceptors (Lipinski definition) is 3. The topological polar surface area (TPSA) is 46.9 Å². The lowest BCUT2D eigenvalue weighted by molar-refractivity contribution is -0.111. The molecule has 0 fully saturated rings. The highest BCUT2D eigenvalue weighted by Gasteiger charge is 2.15. The van der Waals surface area contributed by atoms with Gasteiger partial charge in [-0.3, -0.25) is 4.79 Å². The Balaban J connectivity index is 2.06. The van der Waals surface area contributed by atoms with Crippen LogP contribution in [0, 0.1) is 0 Å². The van der Waals surface area contributed by atoms with Crippen LogP contribution in [-0.2, 0) is 11.8 Å². The van der Waals surface area contributed by atoms with Crippen LogP contribution in [0.15, 0.2) is 60.4 Å². The third kappa shape index (κ3) is 3.77. The fourth-order valence-corrected chi connectivity index (χ4v) is 3.50. The number of carbonyl (C=O) groups excluding carboxylic acids is 1. The lowest BCUT2D eigenvalue weighted by Crippen LogP contribution is -2.04. The molecule has 0 aliphatic rings. The molecule has 3 rings (SSSR count). The molecule has 0 atom stereocenters. The number of imidazole rings is 1. The lowest BCUT2D eigenvalue weighted by Gasteiger charge is -2.16. The van der Waals surface area contributed by atoms with Gasteiger partial charge in [-0.05, 0) is 43.5 Å². The molecule has 0 aliphatic carbocycles. The van der Waals surface area contributed by atoms with E-state index in [1.54, 1.807) is 13.1 Å². The smallest absolute Gasteiger partial charge is 0.160 e. The van der Waals surface area contributed by atoms with Crippen LogP contribution in [0.4, 0.5) is 5.69 Å². The standard InChI is InChI=1S/C24H27N3O/c1-6-16(2)23(17(3)28)21-15-20(11-12-22(21)25-4)18-7-9-19(10-8-18)24-26-13-14-27(24)5/h7-15,25H,6H2,1-5H3. The van der Waals surface area contributed by atoms with E-state index in [0.717, 1.165) is 51.3 Å². The third-order valence-corrected chi connectivity index (χ3v) is 5.17. The quantitative estimate of drug-likeness (QED) is 0.575. The van der Waals surface area contributed by atoms with Gasteiger partial charge in [0.2, 0.25) is 0 Å². The first kappa shape index (κ1) is 19.6. The summed E-state index contributed by atoms with van der Waals surface area (Å²) in [5, 5.41) is 3.23. The number of rotatable bonds is 6. The van der Waals surface area contributed by atoms with Gasteiger partial charge in [0.25, 0.3) is 0 Å². The summed E-state index contributed by atoms with van der Waals surface area (Å²) >= 11 is 0. The van der Waals surface area contributed by atoms with Crippen molar-refractivity contribution in [2.75, 3.05) is 12.4 Å². The molecular weight excluding hydrogens is 346 g/mol. The second-order valence-electron chi connectivity index (χ2n) is 7.01. The van der Waals surface area contributed by atoms with E-state index in [2.05, 4.69) is 53.6 Å². The van der Waals surface area contributed by atoms with Gasteiger partial charge in [0.05, 0.1) is 0 Å². The molecule has 0 bridgehead atoms. The second kappa shape index (κ2) is 8.26. The van der Waals surface area contributed by atoms with Crippen molar-refractivity contribution in [3.05, 3.63) is 66.0 Å². The summed E-state index contributed by atoms with van der Waals surface area (Å²) in [5.41, 5.74) is 7.10. The van der Waals surface area contributed by atoms with E-state index in [-0.39, 0.29) is 5.78 Å². The number of nitrogens with one attached hydrogen (secondary N) is 1. The summed E-state index contributed by atoms with van der Waals surface area (Å²) < 4.78 is 2.01. The van der Waals surface area contributed by atoms with Crippen LogP contribution in [0.5, 0.6) is 0 Å². The fraction of sp³-hybridized carbons (Fsp3) is 0.250. The number of ketones is 1. The van der Waals surface area contributed by atoms with Gasteiger partial charge >= 0.3 is 0 Å². The van der Waals surface area contributed by atoms with E-state index in [1.807, 2.05) is 37.8 Å². The Bertz CT molecular complexity index is 1030. The van der Waals surface area contributed by atoms with E-state index in [0.29, 0.717) is 0 Å². The molecule has 4 heteroatoms. The zero-order chi connectivity index (χ0) is 20.3. The number of Topliss-reactive ketones (excluding diaryl/α,β-unsaturated/α-hetero) is 1. The third-order valence-electron chi connectivity index (χ3n) is 5.17. The Labute approximate surface area is 166 Å². The van der Waals surface area contributed by atoms with Crippen molar-refractivity contribution >= 4 is 17.0 Å². The molecule has 1 heterocycles. The number of aryl methyl sites for hydroxylation is 1. The molecule has 0 saturated carbocycles. The summed E-state index contributed by atoms with van der Waals surface area (Å²) in [4.78, 5) is 16.8. The van der Waals surface area contributed by atoms with Crippen LogP contribution in [0.3, 0.4) is 0 Å². The maximum atomic E-state index is 12.4. The average molecular weight is 374 g/mol.